The van der Waals surface area contributed by atoms with Gasteiger partial charge in [-0.3, -0.25) is 4.79 Å². The predicted octanol–water partition coefficient (Wildman–Crippen LogP) is 3.24. The van der Waals surface area contributed by atoms with Crippen molar-refractivity contribution < 1.29 is 14.3 Å². The van der Waals surface area contributed by atoms with E-state index in [4.69, 9.17) is 9.47 Å². The van der Waals surface area contributed by atoms with Crippen molar-refractivity contribution >= 4 is 11.6 Å². The second-order valence-corrected chi connectivity index (χ2v) is 6.32. The van der Waals surface area contributed by atoms with Crippen molar-refractivity contribution in [1.82, 2.24) is 5.32 Å². The summed E-state index contributed by atoms with van der Waals surface area (Å²) in [4.78, 5) is 14.6. The van der Waals surface area contributed by atoms with Gasteiger partial charge in [0.2, 0.25) is 0 Å². The molecular formula is C21H26N2O3. The van der Waals surface area contributed by atoms with Gasteiger partial charge in [-0.2, -0.15) is 0 Å². The highest BCUT2D eigenvalue weighted by atomic mass is 16.5. The summed E-state index contributed by atoms with van der Waals surface area (Å²) < 4.78 is 10.9. The maximum Gasteiger partial charge on any atom is 0.251 e. The lowest BCUT2D eigenvalue weighted by atomic mass is 10.1. The Morgan fingerprint density at radius 2 is 1.77 bits per heavy atom. The van der Waals surface area contributed by atoms with Crippen LogP contribution >= 0.6 is 0 Å². The fourth-order valence-electron chi connectivity index (χ4n) is 2.85. The van der Waals surface area contributed by atoms with Crippen molar-refractivity contribution in [2.45, 2.75) is 19.9 Å². The van der Waals surface area contributed by atoms with Crippen molar-refractivity contribution in [2.75, 3.05) is 37.8 Å². The third kappa shape index (κ3) is 4.99. The first kappa shape index (κ1) is 18.3. The van der Waals surface area contributed by atoms with Gasteiger partial charge in [0.1, 0.15) is 5.75 Å². The minimum atomic E-state index is -0.0794. The molecule has 26 heavy (non-hydrogen) atoms. The van der Waals surface area contributed by atoms with E-state index in [1.165, 1.54) is 5.69 Å². The first-order valence-electron chi connectivity index (χ1n) is 9.19. The molecule has 1 fully saturated rings. The Labute approximate surface area is 154 Å². The maximum atomic E-state index is 12.3. The zero-order valence-corrected chi connectivity index (χ0v) is 15.2. The molecule has 2 aromatic rings. The lowest BCUT2D eigenvalue weighted by molar-refractivity contribution is 0.0951. The number of benzene rings is 2. The summed E-state index contributed by atoms with van der Waals surface area (Å²) in [6.45, 7) is 6.67. The van der Waals surface area contributed by atoms with Gasteiger partial charge in [0.25, 0.3) is 5.91 Å². The lowest BCUT2D eigenvalue weighted by Gasteiger charge is -2.28. The first-order valence-corrected chi connectivity index (χ1v) is 9.19. The molecule has 1 N–H and O–H groups in total. The molecule has 1 aliphatic heterocycles. The van der Waals surface area contributed by atoms with Gasteiger partial charge < -0.3 is 19.7 Å². The Morgan fingerprint density at radius 3 is 2.42 bits per heavy atom. The highest BCUT2D eigenvalue weighted by Gasteiger charge is 2.11. The summed E-state index contributed by atoms with van der Waals surface area (Å²) >= 11 is 0. The van der Waals surface area contributed by atoms with Gasteiger partial charge >= 0.3 is 0 Å². The van der Waals surface area contributed by atoms with E-state index in [0.717, 1.165) is 44.0 Å². The number of carbonyl (C=O) groups excluding carboxylic acids is 1. The number of carbonyl (C=O) groups is 1. The monoisotopic (exact) mass is 354 g/mol. The Morgan fingerprint density at radius 1 is 1.08 bits per heavy atom. The molecular weight excluding hydrogens is 328 g/mol. The average Bonchev–Trinajstić information content (AvgIpc) is 2.72. The number of hydrogen-bond donors (Lipinski definition) is 1. The predicted molar refractivity (Wildman–Crippen MR) is 103 cm³/mol. The molecule has 138 valence electrons. The second-order valence-electron chi connectivity index (χ2n) is 6.32. The van der Waals surface area contributed by atoms with E-state index in [1.54, 1.807) is 12.1 Å². The number of ether oxygens (including phenoxy) is 2. The van der Waals surface area contributed by atoms with Gasteiger partial charge in [-0.1, -0.05) is 19.1 Å². The molecule has 1 amide bonds. The molecule has 0 atom stereocenters. The van der Waals surface area contributed by atoms with E-state index in [1.807, 2.05) is 12.1 Å². The van der Waals surface area contributed by atoms with E-state index in [0.29, 0.717) is 18.7 Å². The third-order valence-electron chi connectivity index (χ3n) is 4.36. The number of hydrogen-bond acceptors (Lipinski definition) is 4. The van der Waals surface area contributed by atoms with Crippen molar-refractivity contribution in [3.8, 4) is 5.75 Å². The van der Waals surface area contributed by atoms with Crippen LogP contribution in [0.1, 0.15) is 29.3 Å². The SMILES string of the molecule is CCCOc1ccc(C(=O)NCc2ccc(N3CCOCC3)cc2)cc1. The molecule has 5 heteroatoms. The number of amides is 1. The van der Waals surface area contributed by atoms with Gasteiger partial charge in [0.15, 0.2) is 0 Å². The Balaban J connectivity index is 1.50. The number of morpholine rings is 1. The van der Waals surface area contributed by atoms with Crippen LogP contribution in [0.25, 0.3) is 0 Å². The smallest absolute Gasteiger partial charge is 0.251 e. The van der Waals surface area contributed by atoms with Crippen molar-refractivity contribution in [1.29, 1.82) is 0 Å². The fraction of sp³-hybridized carbons (Fsp3) is 0.381. The normalized spacial score (nSPS) is 14.1. The second kappa shape index (κ2) is 9.25. The van der Waals surface area contributed by atoms with Crippen LogP contribution in [-0.4, -0.2) is 38.8 Å². The Kier molecular flexibility index (Phi) is 6.50. The van der Waals surface area contributed by atoms with Crippen molar-refractivity contribution in [3.63, 3.8) is 0 Å². The van der Waals surface area contributed by atoms with Crippen LogP contribution in [0.3, 0.4) is 0 Å². The summed E-state index contributed by atoms with van der Waals surface area (Å²) in [5.74, 6) is 0.714. The lowest BCUT2D eigenvalue weighted by Crippen LogP contribution is -2.36. The largest absolute Gasteiger partial charge is 0.494 e. The van der Waals surface area contributed by atoms with Crippen LogP contribution in [0.2, 0.25) is 0 Å². The zero-order valence-electron chi connectivity index (χ0n) is 15.2. The van der Waals surface area contributed by atoms with Crippen LogP contribution in [0.4, 0.5) is 5.69 Å². The summed E-state index contributed by atoms with van der Waals surface area (Å²) in [6.07, 6.45) is 0.965. The highest BCUT2D eigenvalue weighted by molar-refractivity contribution is 5.94. The zero-order chi connectivity index (χ0) is 18.2. The number of nitrogens with zero attached hydrogens (tertiary/aromatic N) is 1. The average molecular weight is 354 g/mol. The molecule has 0 bridgehead atoms. The molecule has 1 saturated heterocycles. The molecule has 0 unspecified atom stereocenters. The van der Waals surface area contributed by atoms with Gasteiger partial charge in [-0.15, -0.1) is 0 Å². The molecule has 0 aromatic heterocycles. The minimum absolute atomic E-state index is 0.0794. The Hall–Kier alpha value is -2.53. The molecule has 1 aliphatic rings. The van der Waals surface area contributed by atoms with Crippen molar-refractivity contribution in [3.05, 3.63) is 59.7 Å². The van der Waals surface area contributed by atoms with Crippen LogP contribution in [0.15, 0.2) is 48.5 Å². The number of rotatable bonds is 7. The topological polar surface area (TPSA) is 50.8 Å². The minimum Gasteiger partial charge on any atom is -0.494 e. The van der Waals surface area contributed by atoms with E-state index >= 15 is 0 Å². The number of nitrogens with one attached hydrogen (secondary N) is 1. The van der Waals surface area contributed by atoms with Crippen LogP contribution in [-0.2, 0) is 11.3 Å². The molecule has 0 saturated carbocycles. The quantitative estimate of drug-likeness (QED) is 0.829. The van der Waals surface area contributed by atoms with Crippen LogP contribution < -0.4 is 15.0 Å². The van der Waals surface area contributed by atoms with E-state index < -0.39 is 0 Å². The standard InChI is InChI=1S/C21H26N2O3/c1-2-13-26-20-9-5-18(6-10-20)21(24)22-16-17-3-7-19(8-4-17)23-11-14-25-15-12-23/h3-10H,2,11-16H2,1H3,(H,22,24). The van der Waals surface area contributed by atoms with E-state index in [2.05, 4.69) is 41.4 Å². The summed E-state index contributed by atoms with van der Waals surface area (Å²) in [7, 11) is 0. The number of anilines is 1. The van der Waals surface area contributed by atoms with Gasteiger partial charge in [-0.05, 0) is 48.4 Å². The van der Waals surface area contributed by atoms with Crippen molar-refractivity contribution in [2.24, 2.45) is 0 Å². The summed E-state index contributed by atoms with van der Waals surface area (Å²) in [5.41, 5.74) is 2.92. The molecule has 2 aromatic carbocycles. The van der Waals surface area contributed by atoms with Crippen LogP contribution in [0, 0.1) is 0 Å². The molecule has 5 nitrogen and oxygen atoms in total. The molecule has 0 aliphatic carbocycles. The summed E-state index contributed by atoms with van der Waals surface area (Å²) in [6, 6.07) is 15.6. The van der Waals surface area contributed by atoms with E-state index in [9.17, 15) is 4.79 Å². The molecule has 0 spiro atoms. The van der Waals surface area contributed by atoms with Gasteiger partial charge in [0, 0.05) is 30.9 Å². The summed E-state index contributed by atoms with van der Waals surface area (Å²) in [5, 5.41) is 2.96. The molecule has 1 heterocycles. The molecule has 0 radical (unpaired) electrons. The van der Waals surface area contributed by atoms with Gasteiger partial charge in [0.05, 0.1) is 19.8 Å². The first-order chi connectivity index (χ1) is 12.8. The van der Waals surface area contributed by atoms with Gasteiger partial charge in [-0.25, -0.2) is 0 Å². The Bertz CT molecular complexity index is 692. The molecule has 3 rings (SSSR count). The maximum absolute atomic E-state index is 12.3. The fourth-order valence-corrected chi connectivity index (χ4v) is 2.85. The highest BCUT2D eigenvalue weighted by Crippen LogP contribution is 2.17. The van der Waals surface area contributed by atoms with E-state index in [-0.39, 0.29) is 5.91 Å². The third-order valence-corrected chi connectivity index (χ3v) is 4.36. The van der Waals surface area contributed by atoms with Crippen LogP contribution in [0.5, 0.6) is 5.75 Å².